The molecule has 0 amide bonds. The molecule has 0 aromatic heterocycles. The summed E-state index contributed by atoms with van der Waals surface area (Å²) < 4.78 is 6.01. The van der Waals surface area contributed by atoms with Gasteiger partial charge in [0.25, 0.3) is 0 Å². The molecule has 172 valence electrons. The summed E-state index contributed by atoms with van der Waals surface area (Å²) in [6.45, 7) is 7.63. The molecule has 4 nitrogen and oxygen atoms in total. The fraction of sp³-hybridized carbons (Fsp3) is 0.704. The Morgan fingerprint density at radius 3 is 2.35 bits per heavy atom. The first-order valence-electron chi connectivity index (χ1n) is 12.7. The first kappa shape index (κ1) is 22.8. The SMILES string of the molecule is CCC1=CC(OOC2CCC(c3ccc(OCCC4CCNCC4)cc3)CC2)C(C)C1. The molecule has 1 saturated carbocycles. The van der Waals surface area contributed by atoms with E-state index in [1.807, 2.05) is 0 Å². The normalized spacial score (nSPS) is 29.7. The number of hydrogen-bond acceptors (Lipinski definition) is 4. The van der Waals surface area contributed by atoms with Crippen LogP contribution in [-0.4, -0.2) is 31.9 Å². The highest BCUT2D eigenvalue weighted by atomic mass is 17.2. The molecule has 1 aromatic carbocycles. The van der Waals surface area contributed by atoms with Gasteiger partial charge in [-0.1, -0.05) is 37.6 Å². The Labute approximate surface area is 188 Å². The third-order valence-corrected chi connectivity index (χ3v) is 7.58. The number of benzene rings is 1. The predicted octanol–water partition coefficient (Wildman–Crippen LogP) is 6.17. The van der Waals surface area contributed by atoms with Crippen molar-refractivity contribution < 1.29 is 14.5 Å². The van der Waals surface area contributed by atoms with Crippen LogP contribution in [0, 0.1) is 11.8 Å². The zero-order valence-electron chi connectivity index (χ0n) is 19.5. The number of ether oxygens (including phenoxy) is 1. The fourth-order valence-electron chi connectivity index (χ4n) is 5.36. The average Bonchev–Trinajstić information content (AvgIpc) is 3.19. The Bertz CT molecular complexity index is 687. The van der Waals surface area contributed by atoms with Gasteiger partial charge < -0.3 is 10.1 Å². The van der Waals surface area contributed by atoms with Crippen LogP contribution in [0.5, 0.6) is 5.75 Å². The molecule has 31 heavy (non-hydrogen) atoms. The summed E-state index contributed by atoms with van der Waals surface area (Å²) in [4.78, 5) is 11.7. The fourth-order valence-corrected chi connectivity index (χ4v) is 5.36. The van der Waals surface area contributed by atoms with Gasteiger partial charge in [0.15, 0.2) is 0 Å². The quantitative estimate of drug-likeness (QED) is 0.290. The Hall–Kier alpha value is -1.36. The molecule has 3 aliphatic rings. The lowest BCUT2D eigenvalue weighted by molar-refractivity contribution is -0.351. The molecule has 0 radical (unpaired) electrons. The van der Waals surface area contributed by atoms with Crippen LogP contribution in [0.2, 0.25) is 0 Å². The number of hydrogen-bond donors (Lipinski definition) is 1. The van der Waals surface area contributed by atoms with Crippen LogP contribution in [-0.2, 0) is 9.78 Å². The van der Waals surface area contributed by atoms with Gasteiger partial charge in [-0.25, -0.2) is 9.78 Å². The van der Waals surface area contributed by atoms with E-state index in [1.54, 1.807) is 0 Å². The maximum Gasteiger partial charge on any atom is 0.119 e. The average molecular weight is 428 g/mol. The van der Waals surface area contributed by atoms with E-state index in [2.05, 4.69) is 49.5 Å². The zero-order chi connectivity index (χ0) is 21.5. The Morgan fingerprint density at radius 2 is 1.68 bits per heavy atom. The van der Waals surface area contributed by atoms with Gasteiger partial charge in [0, 0.05) is 0 Å². The largest absolute Gasteiger partial charge is 0.494 e. The number of nitrogens with one attached hydrogen (secondary N) is 1. The molecule has 2 fully saturated rings. The third-order valence-electron chi connectivity index (χ3n) is 7.58. The van der Waals surface area contributed by atoms with Gasteiger partial charge in [-0.05, 0) is 106 Å². The van der Waals surface area contributed by atoms with Crippen LogP contribution in [0.4, 0.5) is 0 Å². The maximum absolute atomic E-state index is 6.01. The second-order valence-corrected chi connectivity index (χ2v) is 9.89. The molecule has 0 spiro atoms. The molecule has 1 saturated heterocycles. The molecule has 2 unspecified atom stereocenters. The molecular formula is C27H41NO3. The molecule has 4 heteroatoms. The minimum atomic E-state index is 0.134. The van der Waals surface area contributed by atoms with E-state index in [0.29, 0.717) is 11.8 Å². The van der Waals surface area contributed by atoms with Crippen molar-refractivity contribution in [2.75, 3.05) is 19.7 Å². The van der Waals surface area contributed by atoms with Gasteiger partial charge >= 0.3 is 0 Å². The lowest BCUT2D eigenvalue weighted by Crippen LogP contribution is -2.28. The first-order valence-corrected chi connectivity index (χ1v) is 12.7. The maximum atomic E-state index is 6.01. The predicted molar refractivity (Wildman–Crippen MR) is 125 cm³/mol. The first-order chi connectivity index (χ1) is 15.2. The van der Waals surface area contributed by atoms with Crippen molar-refractivity contribution in [1.29, 1.82) is 0 Å². The summed E-state index contributed by atoms with van der Waals surface area (Å²) in [6, 6.07) is 8.84. The second-order valence-electron chi connectivity index (χ2n) is 9.89. The number of piperidine rings is 1. The standard InChI is InChI=1S/C27H41NO3/c1-3-21-18-20(2)27(19-21)31-30-26-10-6-24(7-11-26)23-4-8-25(9-5-23)29-17-14-22-12-15-28-16-13-22/h4-5,8-9,19-20,22,24,26-28H,3,6-7,10-18H2,1-2H3. The molecule has 2 aliphatic carbocycles. The van der Waals surface area contributed by atoms with E-state index >= 15 is 0 Å². The van der Waals surface area contributed by atoms with E-state index < -0.39 is 0 Å². The van der Waals surface area contributed by atoms with Gasteiger partial charge in [-0.2, -0.15) is 0 Å². The Morgan fingerprint density at radius 1 is 0.935 bits per heavy atom. The summed E-state index contributed by atoms with van der Waals surface area (Å²) >= 11 is 0. The van der Waals surface area contributed by atoms with E-state index in [0.717, 1.165) is 57.0 Å². The van der Waals surface area contributed by atoms with Gasteiger partial charge in [0.2, 0.25) is 0 Å². The Balaban J connectivity index is 1.15. The molecule has 2 atom stereocenters. The van der Waals surface area contributed by atoms with Crippen LogP contribution in [0.1, 0.15) is 83.1 Å². The zero-order valence-corrected chi connectivity index (χ0v) is 19.5. The lowest BCUT2D eigenvalue weighted by atomic mass is 9.83. The van der Waals surface area contributed by atoms with Crippen molar-refractivity contribution in [2.24, 2.45) is 11.8 Å². The van der Waals surface area contributed by atoms with Crippen LogP contribution in [0.3, 0.4) is 0 Å². The second kappa shape index (κ2) is 11.5. The minimum Gasteiger partial charge on any atom is -0.494 e. The van der Waals surface area contributed by atoms with Gasteiger partial charge in [0.05, 0.1) is 12.7 Å². The van der Waals surface area contributed by atoms with Crippen molar-refractivity contribution >= 4 is 0 Å². The van der Waals surface area contributed by atoms with Crippen LogP contribution >= 0.6 is 0 Å². The number of rotatable bonds is 9. The molecule has 1 aliphatic heterocycles. The smallest absolute Gasteiger partial charge is 0.119 e. The third kappa shape index (κ3) is 6.57. The van der Waals surface area contributed by atoms with E-state index in [9.17, 15) is 0 Å². The molecule has 0 bridgehead atoms. The highest BCUT2D eigenvalue weighted by Gasteiger charge is 2.28. The van der Waals surface area contributed by atoms with Gasteiger partial charge in [-0.15, -0.1) is 0 Å². The van der Waals surface area contributed by atoms with Crippen LogP contribution in [0.15, 0.2) is 35.9 Å². The Kier molecular flexibility index (Phi) is 8.46. The summed E-state index contributed by atoms with van der Waals surface area (Å²) in [5.74, 6) is 2.99. The summed E-state index contributed by atoms with van der Waals surface area (Å²) in [7, 11) is 0. The topological polar surface area (TPSA) is 39.7 Å². The molecular weight excluding hydrogens is 386 g/mol. The van der Waals surface area contributed by atoms with Crippen LogP contribution in [0.25, 0.3) is 0 Å². The lowest BCUT2D eigenvalue weighted by Gasteiger charge is -2.29. The summed E-state index contributed by atoms with van der Waals surface area (Å²) in [6.07, 6.45) is 13.1. The monoisotopic (exact) mass is 427 g/mol. The van der Waals surface area contributed by atoms with Crippen molar-refractivity contribution in [3.05, 3.63) is 41.5 Å². The van der Waals surface area contributed by atoms with Crippen molar-refractivity contribution in [3.63, 3.8) is 0 Å². The van der Waals surface area contributed by atoms with Crippen LogP contribution < -0.4 is 10.1 Å². The van der Waals surface area contributed by atoms with Crippen molar-refractivity contribution in [3.8, 4) is 5.75 Å². The molecule has 1 N–H and O–H groups in total. The molecule has 1 aromatic rings. The summed E-state index contributed by atoms with van der Waals surface area (Å²) in [5.41, 5.74) is 2.94. The van der Waals surface area contributed by atoms with E-state index in [1.165, 1.54) is 43.2 Å². The minimum absolute atomic E-state index is 0.134. The highest BCUT2D eigenvalue weighted by molar-refractivity contribution is 5.29. The van der Waals surface area contributed by atoms with E-state index in [-0.39, 0.29) is 12.2 Å². The number of allylic oxidation sites excluding steroid dienone is 1. The highest BCUT2D eigenvalue weighted by Crippen LogP contribution is 2.36. The summed E-state index contributed by atoms with van der Waals surface area (Å²) in [5, 5.41) is 3.43. The molecule has 4 rings (SSSR count). The van der Waals surface area contributed by atoms with Gasteiger partial charge in [0.1, 0.15) is 11.9 Å². The molecule has 1 heterocycles. The van der Waals surface area contributed by atoms with E-state index in [4.69, 9.17) is 14.5 Å². The van der Waals surface area contributed by atoms with Crippen molar-refractivity contribution in [1.82, 2.24) is 5.32 Å². The van der Waals surface area contributed by atoms with Crippen molar-refractivity contribution in [2.45, 2.75) is 89.8 Å². The van der Waals surface area contributed by atoms with Gasteiger partial charge in [-0.3, -0.25) is 0 Å².